The molecule has 0 amide bonds. The molecule has 2 rings (SSSR count). The maximum absolute atomic E-state index is 13.9. The molecule has 5 heteroatoms. The van der Waals surface area contributed by atoms with Gasteiger partial charge in [0, 0.05) is 25.4 Å². The van der Waals surface area contributed by atoms with E-state index in [0.717, 1.165) is 24.4 Å². The van der Waals surface area contributed by atoms with Gasteiger partial charge in [-0.25, -0.2) is 9.37 Å². The standard InChI is InChI=1S/C16H23ClFN3/c1-16(2,10-20(3)4)11-21-13-7-5-6-12(18)15(13)19-14(21)8-9-17/h5-7H,8-11H2,1-4H3. The number of hydrogen-bond donors (Lipinski definition) is 0. The lowest BCUT2D eigenvalue weighted by Crippen LogP contribution is -2.32. The molecule has 0 radical (unpaired) electrons. The number of para-hydroxylation sites is 1. The molecule has 0 saturated carbocycles. The number of nitrogens with zero attached hydrogens (tertiary/aromatic N) is 3. The number of alkyl halides is 1. The second kappa shape index (κ2) is 6.32. The number of hydrogen-bond acceptors (Lipinski definition) is 2. The summed E-state index contributed by atoms with van der Waals surface area (Å²) in [4.78, 5) is 6.62. The van der Waals surface area contributed by atoms with E-state index in [0.29, 0.717) is 17.8 Å². The van der Waals surface area contributed by atoms with Gasteiger partial charge in [-0.3, -0.25) is 0 Å². The average molecular weight is 312 g/mol. The van der Waals surface area contributed by atoms with Gasteiger partial charge in [-0.2, -0.15) is 0 Å². The molecule has 116 valence electrons. The Morgan fingerprint density at radius 2 is 2.05 bits per heavy atom. The Balaban J connectivity index is 2.45. The molecule has 1 aromatic heterocycles. The minimum Gasteiger partial charge on any atom is -0.327 e. The number of rotatable bonds is 6. The summed E-state index contributed by atoms with van der Waals surface area (Å²) in [5, 5.41) is 0. The zero-order valence-corrected chi connectivity index (χ0v) is 13.9. The predicted octanol–water partition coefficient (Wildman–Crippen LogP) is 3.54. The van der Waals surface area contributed by atoms with Gasteiger partial charge < -0.3 is 9.47 Å². The number of benzene rings is 1. The van der Waals surface area contributed by atoms with Crippen molar-refractivity contribution in [3.05, 3.63) is 29.8 Å². The summed E-state index contributed by atoms with van der Waals surface area (Å²) in [5.74, 6) is 1.07. The molecule has 0 aliphatic carbocycles. The van der Waals surface area contributed by atoms with Crippen molar-refractivity contribution in [3.63, 3.8) is 0 Å². The van der Waals surface area contributed by atoms with Gasteiger partial charge in [-0.05, 0) is 31.6 Å². The summed E-state index contributed by atoms with van der Waals surface area (Å²) in [6.07, 6.45) is 0.647. The van der Waals surface area contributed by atoms with E-state index in [1.165, 1.54) is 6.07 Å². The summed E-state index contributed by atoms with van der Waals surface area (Å²) >= 11 is 5.88. The van der Waals surface area contributed by atoms with Gasteiger partial charge in [0.1, 0.15) is 11.3 Å². The molecule has 0 aliphatic heterocycles. The quantitative estimate of drug-likeness (QED) is 0.761. The zero-order chi connectivity index (χ0) is 15.6. The number of aryl methyl sites for hydroxylation is 1. The lowest BCUT2D eigenvalue weighted by Gasteiger charge is -2.29. The van der Waals surface area contributed by atoms with Crippen molar-refractivity contribution >= 4 is 22.6 Å². The molecule has 3 nitrogen and oxygen atoms in total. The van der Waals surface area contributed by atoms with Crippen LogP contribution in [0.15, 0.2) is 18.2 Å². The third-order valence-electron chi connectivity index (χ3n) is 3.46. The highest BCUT2D eigenvalue weighted by Gasteiger charge is 2.23. The molecule has 21 heavy (non-hydrogen) atoms. The fraction of sp³-hybridized carbons (Fsp3) is 0.562. The van der Waals surface area contributed by atoms with Crippen molar-refractivity contribution < 1.29 is 4.39 Å². The Bertz CT molecular complexity index is 619. The summed E-state index contributed by atoms with van der Waals surface area (Å²) in [5.41, 5.74) is 1.35. The summed E-state index contributed by atoms with van der Waals surface area (Å²) in [6, 6.07) is 5.11. The molecule has 1 heterocycles. The van der Waals surface area contributed by atoms with Gasteiger partial charge >= 0.3 is 0 Å². The van der Waals surface area contributed by atoms with Crippen molar-refractivity contribution in [1.82, 2.24) is 14.5 Å². The molecular weight excluding hydrogens is 289 g/mol. The molecule has 0 fully saturated rings. The highest BCUT2D eigenvalue weighted by molar-refractivity contribution is 6.17. The normalized spacial score (nSPS) is 12.5. The first-order chi connectivity index (χ1) is 9.84. The van der Waals surface area contributed by atoms with E-state index in [1.54, 1.807) is 6.07 Å². The molecular formula is C16H23ClFN3. The molecule has 0 aliphatic rings. The molecule has 2 aromatic rings. The zero-order valence-electron chi connectivity index (χ0n) is 13.2. The average Bonchev–Trinajstić information content (AvgIpc) is 2.68. The molecule has 0 bridgehead atoms. The molecule has 0 unspecified atom stereocenters. The topological polar surface area (TPSA) is 21.1 Å². The van der Waals surface area contributed by atoms with E-state index >= 15 is 0 Å². The number of fused-ring (bicyclic) bond motifs is 1. The van der Waals surface area contributed by atoms with Gasteiger partial charge in [0.05, 0.1) is 5.52 Å². The van der Waals surface area contributed by atoms with E-state index < -0.39 is 0 Å². The maximum Gasteiger partial charge on any atom is 0.151 e. The van der Waals surface area contributed by atoms with Crippen LogP contribution in [0.25, 0.3) is 11.0 Å². The first-order valence-corrected chi connectivity index (χ1v) is 7.72. The summed E-state index contributed by atoms with van der Waals surface area (Å²) in [7, 11) is 4.13. The SMILES string of the molecule is CN(C)CC(C)(C)Cn1c(CCCl)nc2c(F)cccc21. The molecule has 0 spiro atoms. The van der Waals surface area contributed by atoms with Crippen LogP contribution in [0.4, 0.5) is 4.39 Å². The van der Waals surface area contributed by atoms with Crippen LogP contribution < -0.4 is 0 Å². The van der Waals surface area contributed by atoms with Gasteiger partial charge in [0.25, 0.3) is 0 Å². The van der Waals surface area contributed by atoms with Crippen molar-refractivity contribution in [3.8, 4) is 0 Å². The fourth-order valence-electron chi connectivity index (χ4n) is 2.95. The second-order valence-electron chi connectivity index (χ2n) is 6.56. The van der Waals surface area contributed by atoms with Gasteiger partial charge in [0.15, 0.2) is 5.82 Å². The van der Waals surface area contributed by atoms with E-state index in [1.807, 2.05) is 6.07 Å². The van der Waals surface area contributed by atoms with Crippen LogP contribution >= 0.6 is 11.6 Å². The number of aromatic nitrogens is 2. The molecule has 0 saturated heterocycles. The molecule has 0 N–H and O–H groups in total. The maximum atomic E-state index is 13.9. The lowest BCUT2D eigenvalue weighted by atomic mass is 9.92. The number of halogens is 2. The van der Waals surface area contributed by atoms with Crippen LogP contribution in [0.5, 0.6) is 0 Å². The third kappa shape index (κ3) is 3.74. The van der Waals surface area contributed by atoms with Crippen molar-refractivity contribution in [2.45, 2.75) is 26.8 Å². The van der Waals surface area contributed by atoms with Crippen LogP contribution in [0.3, 0.4) is 0 Å². The van der Waals surface area contributed by atoms with E-state index in [4.69, 9.17) is 11.6 Å². The second-order valence-corrected chi connectivity index (χ2v) is 6.94. The predicted molar refractivity (Wildman–Crippen MR) is 86.5 cm³/mol. The highest BCUT2D eigenvalue weighted by atomic mass is 35.5. The van der Waals surface area contributed by atoms with Gasteiger partial charge in [-0.1, -0.05) is 19.9 Å². The Morgan fingerprint density at radius 1 is 1.33 bits per heavy atom. The Labute approximate surface area is 130 Å². The van der Waals surface area contributed by atoms with Crippen molar-refractivity contribution in [2.24, 2.45) is 5.41 Å². The minimum atomic E-state index is -0.271. The molecule has 1 aromatic carbocycles. The lowest BCUT2D eigenvalue weighted by molar-refractivity contribution is 0.211. The van der Waals surface area contributed by atoms with Gasteiger partial charge in [-0.15, -0.1) is 11.6 Å². The summed E-state index contributed by atoms with van der Waals surface area (Å²) < 4.78 is 16.1. The van der Waals surface area contributed by atoms with Gasteiger partial charge in [0.2, 0.25) is 0 Å². The van der Waals surface area contributed by atoms with E-state index in [-0.39, 0.29) is 11.2 Å². The van der Waals surface area contributed by atoms with Crippen LogP contribution in [0.1, 0.15) is 19.7 Å². The smallest absolute Gasteiger partial charge is 0.151 e. The van der Waals surface area contributed by atoms with Crippen LogP contribution in [-0.4, -0.2) is 41.0 Å². The Hall–Kier alpha value is -1.13. The van der Waals surface area contributed by atoms with Crippen molar-refractivity contribution in [2.75, 3.05) is 26.5 Å². The fourth-order valence-corrected chi connectivity index (χ4v) is 3.12. The molecule has 0 atom stereocenters. The number of imidazole rings is 1. The first-order valence-electron chi connectivity index (χ1n) is 7.18. The summed E-state index contributed by atoms with van der Waals surface area (Å²) in [6.45, 7) is 6.16. The van der Waals surface area contributed by atoms with Crippen molar-refractivity contribution in [1.29, 1.82) is 0 Å². The van der Waals surface area contributed by atoms with E-state index in [2.05, 4.69) is 42.4 Å². The van der Waals surface area contributed by atoms with Crippen LogP contribution in [0.2, 0.25) is 0 Å². The third-order valence-corrected chi connectivity index (χ3v) is 3.65. The first kappa shape index (κ1) is 16.2. The minimum absolute atomic E-state index is 0.0600. The Morgan fingerprint density at radius 3 is 2.67 bits per heavy atom. The Kier molecular flexibility index (Phi) is 4.89. The largest absolute Gasteiger partial charge is 0.327 e. The monoisotopic (exact) mass is 311 g/mol. The van der Waals surface area contributed by atoms with Crippen LogP contribution in [0, 0.1) is 11.2 Å². The highest BCUT2D eigenvalue weighted by Crippen LogP contribution is 2.26. The van der Waals surface area contributed by atoms with E-state index in [9.17, 15) is 4.39 Å². The van der Waals surface area contributed by atoms with Crippen LogP contribution in [-0.2, 0) is 13.0 Å².